The van der Waals surface area contributed by atoms with E-state index in [1.807, 2.05) is 11.8 Å². The highest BCUT2D eigenvalue weighted by molar-refractivity contribution is 5.39. The van der Waals surface area contributed by atoms with E-state index >= 15 is 0 Å². The van der Waals surface area contributed by atoms with Gasteiger partial charge >= 0.3 is 6.01 Å². The lowest BCUT2D eigenvalue weighted by Gasteiger charge is -2.28. The number of hydrazine groups is 1. The number of nitrogen functional groups attached to an aromatic ring is 1. The highest BCUT2D eigenvalue weighted by Gasteiger charge is 2.25. The van der Waals surface area contributed by atoms with Gasteiger partial charge in [0, 0.05) is 12.6 Å². The Morgan fingerprint density at radius 1 is 1.33 bits per heavy atom. The summed E-state index contributed by atoms with van der Waals surface area (Å²) in [6.07, 6.45) is 5.43. The Bertz CT molecular complexity index is 439. The van der Waals surface area contributed by atoms with Crippen LogP contribution in [0.15, 0.2) is 0 Å². The molecule has 0 radical (unpaired) electrons. The standard InChI is InChI=1S/C13H24N6O2/c1-2-9-21-13-16-11(18-14)15-12(17-13)19(7-8-20)10-5-3-4-6-10/h10,20H,2-9,14H2,1H3,(H,15,16,17,18). The van der Waals surface area contributed by atoms with Crippen molar-refractivity contribution in [2.45, 2.75) is 45.1 Å². The molecule has 0 aliphatic heterocycles. The highest BCUT2D eigenvalue weighted by atomic mass is 16.5. The van der Waals surface area contributed by atoms with Gasteiger partial charge < -0.3 is 14.7 Å². The van der Waals surface area contributed by atoms with Crippen LogP contribution >= 0.6 is 0 Å². The number of rotatable bonds is 8. The topological polar surface area (TPSA) is 109 Å². The Balaban J connectivity index is 2.24. The summed E-state index contributed by atoms with van der Waals surface area (Å²) in [5, 5.41) is 9.31. The molecule has 0 atom stereocenters. The molecule has 4 N–H and O–H groups in total. The Kier molecular flexibility index (Phi) is 5.94. The Morgan fingerprint density at radius 2 is 2.10 bits per heavy atom. The van der Waals surface area contributed by atoms with Crippen LogP contribution in [0.25, 0.3) is 0 Å². The van der Waals surface area contributed by atoms with Gasteiger partial charge in [0.1, 0.15) is 0 Å². The van der Waals surface area contributed by atoms with Gasteiger partial charge in [-0.3, -0.25) is 5.43 Å². The van der Waals surface area contributed by atoms with E-state index in [1.165, 1.54) is 12.8 Å². The smallest absolute Gasteiger partial charge is 0.323 e. The maximum atomic E-state index is 9.31. The van der Waals surface area contributed by atoms with E-state index in [4.69, 9.17) is 10.6 Å². The molecule has 0 saturated heterocycles. The van der Waals surface area contributed by atoms with Gasteiger partial charge in [-0.1, -0.05) is 19.8 Å². The molecule has 1 aromatic rings. The molecule has 8 heteroatoms. The predicted octanol–water partition coefficient (Wildman–Crippen LogP) is 0.687. The lowest BCUT2D eigenvalue weighted by molar-refractivity contribution is 0.287. The molecule has 1 saturated carbocycles. The average Bonchev–Trinajstić information content (AvgIpc) is 3.04. The summed E-state index contributed by atoms with van der Waals surface area (Å²) in [6.45, 7) is 3.10. The summed E-state index contributed by atoms with van der Waals surface area (Å²) in [5.74, 6) is 6.19. The van der Waals surface area contributed by atoms with E-state index in [2.05, 4.69) is 20.4 Å². The normalized spacial score (nSPS) is 15.2. The molecule has 21 heavy (non-hydrogen) atoms. The number of nitrogens with two attached hydrogens (primary N) is 1. The Hall–Kier alpha value is -1.67. The quantitative estimate of drug-likeness (QED) is 0.475. The van der Waals surface area contributed by atoms with Crippen molar-refractivity contribution >= 4 is 11.9 Å². The van der Waals surface area contributed by atoms with Gasteiger partial charge in [-0.25, -0.2) is 5.84 Å². The van der Waals surface area contributed by atoms with Gasteiger partial charge in [-0.2, -0.15) is 15.0 Å². The first-order valence-electron chi connectivity index (χ1n) is 7.51. The van der Waals surface area contributed by atoms with Crippen LogP contribution in [0.5, 0.6) is 6.01 Å². The van der Waals surface area contributed by atoms with Crippen molar-refractivity contribution in [1.82, 2.24) is 15.0 Å². The number of nitrogens with one attached hydrogen (secondary N) is 1. The molecular weight excluding hydrogens is 272 g/mol. The van der Waals surface area contributed by atoms with Crippen molar-refractivity contribution in [2.75, 3.05) is 30.1 Å². The van der Waals surface area contributed by atoms with Crippen LogP contribution in [0.2, 0.25) is 0 Å². The van der Waals surface area contributed by atoms with Crippen LogP contribution in [-0.2, 0) is 0 Å². The number of nitrogens with zero attached hydrogens (tertiary/aromatic N) is 4. The van der Waals surface area contributed by atoms with Crippen LogP contribution in [-0.4, -0.2) is 45.9 Å². The molecule has 0 amide bonds. The first-order chi connectivity index (χ1) is 10.3. The summed E-state index contributed by atoms with van der Waals surface area (Å²) in [6, 6.07) is 0.611. The molecule has 2 rings (SSSR count). The van der Waals surface area contributed by atoms with Crippen LogP contribution in [0.4, 0.5) is 11.9 Å². The predicted molar refractivity (Wildman–Crippen MR) is 80.1 cm³/mol. The van der Waals surface area contributed by atoms with E-state index in [0.717, 1.165) is 19.3 Å². The van der Waals surface area contributed by atoms with Crippen molar-refractivity contribution in [2.24, 2.45) is 5.84 Å². The summed E-state index contributed by atoms with van der Waals surface area (Å²) in [7, 11) is 0. The van der Waals surface area contributed by atoms with E-state index in [1.54, 1.807) is 0 Å². The maximum absolute atomic E-state index is 9.31. The minimum absolute atomic E-state index is 0.0543. The number of aliphatic hydroxyl groups is 1. The molecular formula is C13H24N6O2. The Labute approximate surface area is 124 Å². The van der Waals surface area contributed by atoms with E-state index in [0.29, 0.717) is 25.1 Å². The number of aliphatic hydroxyl groups excluding tert-OH is 1. The van der Waals surface area contributed by atoms with Crippen molar-refractivity contribution < 1.29 is 9.84 Å². The van der Waals surface area contributed by atoms with Crippen molar-refractivity contribution in [3.8, 4) is 6.01 Å². The second-order valence-corrected chi connectivity index (χ2v) is 5.09. The van der Waals surface area contributed by atoms with Crippen LogP contribution < -0.4 is 20.9 Å². The minimum Gasteiger partial charge on any atom is -0.463 e. The number of aromatic nitrogens is 3. The lowest BCUT2D eigenvalue weighted by atomic mass is 10.2. The van der Waals surface area contributed by atoms with Gasteiger partial charge in [-0.15, -0.1) is 0 Å². The summed E-state index contributed by atoms with van der Waals surface area (Å²) in [4.78, 5) is 14.8. The summed E-state index contributed by atoms with van der Waals surface area (Å²) < 4.78 is 5.48. The third-order valence-electron chi connectivity index (χ3n) is 3.53. The third kappa shape index (κ3) is 4.15. The fraction of sp³-hybridized carbons (Fsp3) is 0.769. The first-order valence-corrected chi connectivity index (χ1v) is 7.51. The number of hydrogen-bond acceptors (Lipinski definition) is 8. The molecule has 1 aromatic heterocycles. The molecule has 8 nitrogen and oxygen atoms in total. The maximum Gasteiger partial charge on any atom is 0.323 e. The van der Waals surface area contributed by atoms with Crippen LogP contribution in [0, 0.1) is 0 Å². The first kappa shape index (κ1) is 15.7. The van der Waals surface area contributed by atoms with Crippen LogP contribution in [0.1, 0.15) is 39.0 Å². The third-order valence-corrected chi connectivity index (χ3v) is 3.53. The molecule has 118 valence electrons. The Morgan fingerprint density at radius 3 is 2.71 bits per heavy atom. The van der Waals surface area contributed by atoms with E-state index in [-0.39, 0.29) is 18.6 Å². The summed E-state index contributed by atoms with van der Waals surface area (Å²) in [5.41, 5.74) is 2.44. The van der Waals surface area contributed by atoms with Gasteiger partial charge in [0.15, 0.2) is 0 Å². The monoisotopic (exact) mass is 296 g/mol. The van der Waals surface area contributed by atoms with Crippen LogP contribution in [0.3, 0.4) is 0 Å². The molecule has 1 aliphatic rings. The van der Waals surface area contributed by atoms with Gasteiger partial charge in [-0.05, 0) is 19.3 Å². The van der Waals surface area contributed by atoms with Crippen molar-refractivity contribution in [3.63, 3.8) is 0 Å². The second kappa shape index (κ2) is 7.94. The van der Waals surface area contributed by atoms with E-state index in [9.17, 15) is 5.11 Å². The zero-order valence-electron chi connectivity index (χ0n) is 12.5. The molecule has 0 bridgehead atoms. The molecule has 1 aliphatic carbocycles. The van der Waals surface area contributed by atoms with Gasteiger partial charge in [0.2, 0.25) is 11.9 Å². The zero-order chi connectivity index (χ0) is 15.1. The molecule has 0 unspecified atom stereocenters. The van der Waals surface area contributed by atoms with Gasteiger partial charge in [0.25, 0.3) is 0 Å². The largest absolute Gasteiger partial charge is 0.463 e. The van der Waals surface area contributed by atoms with E-state index < -0.39 is 0 Å². The number of ether oxygens (including phenoxy) is 1. The highest BCUT2D eigenvalue weighted by Crippen LogP contribution is 2.27. The zero-order valence-corrected chi connectivity index (χ0v) is 12.5. The fourth-order valence-electron chi connectivity index (χ4n) is 2.57. The van der Waals surface area contributed by atoms with Crippen molar-refractivity contribution in [3.05, 3.63) is 0 Å². The fourth-order valence-corrected chi connectivity index (χ4v) is 2.57. The molecule has 1 fully saturated rings. The van der Waals surface area contributed by atoms with Crippen molar-refractivity contribution in [1.29, 1.82) is 0 Å². The lowest BCUT2D eigenvalue weighted by Crippen LogP contribution is -2.37. The average molecular weight is 296 g/mol. The SMILES string of the molecule is CCCOc1nc(NN)nc(N(CCO)C2CCCC2)n1. The summed E-state index contributed by atoms with van der Waals surface area (Å²) >= 11 is 0. The molecule has 0 aromatic carbocycles. The molecule has 1 heterocycles. The second-order valence-electron chi connectivity index (χ2n) is 5.09. The minimum atomic E-state index is 0.0543. The number of anilines is 2. The molecule has 0 spiro atoms. The van der Waals surface area contributed by atoms with Gasteiger partial charge in [0.05, 0.1) is 13.2 Å². The number of hydrogen-bond donors (Lipinski definition) is 3.